The van der Waals surface area contributed by atoms with E-state index >= 15 is 0 Å². The van der Waals surface area contributed by atoms with Gasteiger partial charge in [0.05, 0.1) is 10.9 Å². The van der Waals surface area contributed by atoms with E-state index in [1.165, 1.54) is 0 Å². The van der Waals surface area contributed by atoms with E-state index in [0.29, 0.717) is 11.8 Å². The van der Waals surface area contributed by atoms with Gasteiger partial charge >= 0.3 is 0 Å². The van der Waals surface area contributed by atoms with Gasteiger partial charge in [0, 0.05) is 35.3 Å². The molecule has 1 N–H and O–H groups in total. The van der Waals surface area contributed by atoms with Crippen LogP contribution in [0.15, 0.2) is 59.5 Å². The molecule has 4 heteroatoms. The second kappa shape index (κ2) is 5.81. The molecule has 2 heterocycles. The van der Waals surface area contributed by atoms with Crippen LogP contribution in [-0.2, 0) is 6.42 Å². The number of hydrogen-bond donors (Lipinski definition) is 1. The third-order valence-electron chi connectivity index (χ3n) is 4.22. The number of fused-ring (bicyclic) bond motifs is 2. The SMILES string of the molecule is CCc1nc2ccccc2c(=O)n1/C=C/c1c[nH]c2ccccc12. The zero-order valence-corrected chi connectivity index (χ0v) is 13.4. The lowest BCUT2D eigenvalue weighted by atomic mass is 10.2. The van der Waals surface area contributed by atoms with Crippen LogP contribution in [0, 0.1) is 0 Å². The Morgan fingerprint density at radius 3 is 2.67 bits per heavy atom. The first kappa shape index (κ1) is 14.5. The maximum absolute atomic E-state index is 12.8. The predicted molar refractivity (Wildman–Crippen MR) is 98.9 cm³/mol. The summed E-state index contributed by atoms with van der Waals surface area (Å²) in [6.45, 7) is 2.01. The number of benzene rings is 2. The molecular weight excluding hydrogens is 298 g/mol. The second-order valence-electron chi connectivity index (χ2n) is 5.68. The Kier molecular flexibility index (Phi) is 3.50. The zero-order valence-electron chi connectivity index (χ0n) is 13.4. The van der Waals surface area contributed by atoms with Crippen molar-refractivity contribution in [3.63, 3.8) is 0 Å². The molecule has 0 spiro atoms. The quantitative estimate of drug-likeness (QED) is 0.619. The van der Waals surface area contributed by atoms with Crippen molar-refractivity contribution >= 4 is 34.1 Å². The number of rotatable bonds is 3. The van der Waals surface area contributed by atoms with Gasteiger partial charge in [-0.3, -0.25) is 9.36 Å². The van der Waals surface area contributed by atoms with Gasteiger partial charge in [-0.15, -0.1) is 0 Å². The molecule has 0 fully saturated rings. The van der Waals surface area contributed by atoms with Gasteiger partial charge in [-0.05, 0) is 24.3 Å². The lowest BCUT2D eigenvalue weighted by Crippen LogP contribution is -2.21. The molecule has 0 aliphatic heterocycles. The summed E-state index contributed by atoms with van der Waals surface area (Å²) in [5.74, 6) is 0.759. The second-order valence-corrected chi connectivity index (χ2v) is 5.68. The highest BCUT2D eigenvalue weighted by molar-refractivity contribution is 5.90. The molecule has 0 bridgehead atoms. The molecule has 0 aliphatic rings. The third-order valence-corrected chi connectivity index (χ3v) is 4.22. The molecule has 4 nitrogen and oxygen atoms in total. The van der Waals surface area contributed by atoms with E-state index < -0.39 is 0 Å². The molecule has 0 radical (unpaired) electrons. The first-order valence-electron chi connectivity index (χ1n) is 8.02. The Bertz CT molecular complexity index is 1120. The van der Waals surface area contributed by atoms with Crippen LogP contribution >= 0.6 is 0 Å². The van der Waals surface area contributed by atoms with E-state index in [9.17, 15) is 4.79 Å². The van der Waals surface area contributed by atoms with Crippen LogP contribution in [0.4, 0.5) is 0 Å². The van der Waals surface area contributed by atoms with Gasteiger partial charge in [0.25, 0.3) is 5.56 Å². The molecule has 0 saturated heterocycles. The summed E-state index contributed by atoms with van der Waals surface area (Å²) < 4.78 is 1.64. The van der Waals surface area contributed by atoms with Gasteiger partial charge < -0.3 is 4.98 Å². The van der Waals surface area contributed by atoms with Crippen LogP contribution < -0.4 is 5.56 Å². The number of aromatic nitrogens is 3. The Balaban J connectivity index is 1.87. The number of nitrogens with one attached hydrogen (secondary N) is 1. The molecule has 24 heavy (non-hydrogen) atoms. The van der Waals surface area contributed by atoms with Crippen LogP contribution in [0.3, 0.4) is 0 Å². The normalized spacial score (nSPS) is 11.7. The van der Waals surface area contributed by atoms with Crippen LogP contribution in [0.2, 0.25) is 0 Å². The van der Waals surface area contributed by atoms with Crippen molar-refractivity contribution in [2.75, 3.05) is 0 Å². The standard InChI is InChI=1S/C20H17N3O/c1-2-19-22-18-10-6-4-8-16(18)20(24)23(19)12-11-14-13-21-17-9-5-3-7-15(14)17/h3-13,21H,2H2,1H3/b12-11+. The van der Waals surface area contributed by atoms with Crippen molar-refractivity contribution in [3.05, 3.63) is 76.5 Å². The molecule has 2 aromatic carbocycles. The fourth-order valence-corrected chi connectivity index (χ4v) is 2.98. The fraction of sp³-hybridized carbons (Fsp3) is 0.100. The molecule has 118 valence electrons. The monoisotopic (exact) mass is 315 g/mol. The molecule has 0 unspecified atom stereocenters. The number of para-hydroxylation sites is 2. The zero-order chi connectivity index (χ0) is 16.5. The first-order chi connectivity index (χ1) is 11.8. The number of aryl methyl sites for hydroxylation is 1. The van der Waals surface area contributed by atoms with Gasteiger partial charge in [0.2, 0.25) is 0 Å². The largest absolute Gasteiger partial charge is 0.361 e. The van der Waals surface area contributed by atoms with Gasteiger partial charge in [-0.1, -0.05) is 37.3 Å². The average Bonchev–Trinajstić information content (AvgIpc) is 3.04. The first-order valence-corrected chi connectivity index (χ1v) is 8.02. The Hall–Kier alpha value is -3.14. The summed E-state index contributed by atoms with van der Waals surface area (Å²) in [6, 6.07) is 15.6. The van der Waals surface area contributed by atoms with Gasteiger partial charge in [-0.2, -0.15) is 0 Å². The van der Waals surface area contributed by atoms with E-state index in [1.54, 1.807) is 4.57 Å². The van der Waals surface area contributed by atoms with Gasteiger partial charge in [0.1, 0.15) is 5.82 Å². The van der Waals surface area contributed by atoms with Crippen LogP contribution in [0.25, 0.3) is 34.1 Å². The topological polar surface area (TPSA) is 50.7 Å². The van der Waals surface area contributed by atoms with E-state index in [4.69, 9.17) is 0 Å². The highest BCUT2D eigenvalue weighted by atomic mass is 16.1. The lowest BCUT2D eigenvalue weighted by molar-refractivity contribution is 0.867. The number of H-pyrrole nitrogens is 1. The highest BCUT2D eigenvalue weighted by Crippen LogP contribution is 2.19. The number of aromatic amines is 1. The number of nitrogens with zero attached hydrogens (tertiary/aromatic N) is 2. The van der Waals surface area contributed by atoms with Crippen molar-refractivity contribution < 1.29 is 0 Å². The average molecular weight is 315 g/mol. The third kappa shape index (κ3) is 2.33. The van der Waals surface area contributed by atoms with Gasteiger partial charge in [0.15, 0.2) is 0 Å². The van der Waals surface area contributed by atoms with Crippen molar-refractivity contribution in [2.45, 2.75) is 13.3 Å². The molecule has 0 amide bonds. The summed E-state index contributed by atoms with van der Waals surface area (Å²) in [5, 5.41) is 1.77. The minimum atomic E-state index is -0.0338. The maximum Gasteiger partial charge on any atom is 0.265 e. The van der Waals surface area contributed by atoms with Crippen molar-refractivity contribution in [1.82, 2.24) is 14.5 Å². The van der Waals surface area contributed by atoms with Gasteiger partial charge in [-0.25, -0.2) is 4.98 Å². The molecule has 0 aliphatic carbocycles. The predicted octanol–water partition coefficient (Wildman–Crippen LogP) is 4.07. The summed E-state index contributed by atoms with van der Waals surface area (Å²) in [5.41, 5.74) is 2.84. The van der Waals surface area contributed by atoms with Crippen molar-refractivity contribution in [1.29, 1.82) is 0 Å². The maximum atomic E-state index is 12.8. The summed E-state index contributed by atoms with van der Waals surface area (Å²) in [4.78, 5) is 20.7. The highest BCUT2D eigenvalue weighted by Gasteiger charge is 2.07. The van der Waals surface area contributed by atoms with Crippen LogP contribution in [0.5, 0.6) is 0 Å². The molecule has 2 aromatic heterocycles. The van der Waals surface area contributed by atoms with E-state index in [-0.39, 0.29) is 5.56 Å². The Morgan fingerprint density at radius 1 is 1.08 bits per heavy atom. The Morgan fingerprint density at radius 2 is 1.83 bits per heavy atom. The van der Waals surface area contributed by atoms with Crippen LogP contribution in [0.1, 0.15) is 18.3 Å². The summed E-state index contributed by atoms with van der Waals surface area (Å²) in [7, 11) is 0. The molecule has 4 rings (SSSR count). The fourth-order valence-electron chi connectivity index (χ4n) is 2.98. The lowest BCUT2D eigenvalue weighted by Gasteiger charge is -2.08. The van der Waals surface area contributed by atoms with E-state index in [1.807, 2.05) is 67.9 Å². The molecule has 4 aromatic rings. The van der Waals surface area contributed by atoms with Crippen molar-refractivity contribution in [2.24, 2.45) is 0 Å². The van der Waals surface area contributed by atoms with Crippen LogP contribution in [-0.4, -0.2) is 14.5 Å². The number of hydrogen-bond acceptors (Lipinski definition) is 2. The Labute approximate surface area is 139 Å². The van der Waals surface area contributed by atoms with E-state index in [0.717, 1.165) is 27.8 Å². The smallest absolute Gasteiger partial charge is 0.265 e. The minimum Gasteiger partial charge on any atom is -0.361 e. The summed E-state index contributed by atoms with van der Waals surface area (Å²) >= 11 is 0. The minimum absolute atomic E-state index is 0.0338. The molecule has 0 atom stereocenters. The van der Waals surface area contributed by atoms with E-state index in [2.05, 4.69) is 16.0 Å². The molecule has 0 saturated carbocycles. The summed E-state index contributed by atoms with van der Waals surface area (Å²) in [6.07, 6.45) is 6.41. The molecular formula is C20H17N3O. The van der Waals surface area contributed by atoms with Crippen molar-refractivity contribution in [3.8, 4) is 0 Å².